The molecule has 0 radical (unpaired) electrons. The number of rotatable bonds is 3. The number of nitrogens with zero attached hydrogens (tertiary/aromatic N) is 1. The summed E-state index contributed by atoms with van der Waals surface area (Å²) in [5, 5.41) is 9.78. The summed E-state index contributed by atoms with van der Waals surface area (Å²) in [6.07, 6.45) is 0. The Morgan fingerprint density at radius 2 is 1.97 bits per heavy atom. The lowest BCUT2D eigenvalue weighted by molar-refractivity contribution is 0.0734. The van der Waals surface area contributed by atoms with Gasteiger partial charge in [-0.2, -0.15) is 5.26 Å². The van der Waals surface area contributed by atoms with Crippen molar-refractivity contribution in [3.05, 3.63) is 105 Å². The van der Waals surface area contributed by atoms with Gasteiger partial charge in [0.05, 0.1) is 11.5 Å². The summed E-state index contributed by atoms with van der Waals surface area (Å²) in [6, 6.07) is 17.9. The van der Waals surface area contributed by atoms with Crippen molar-refractivity contribution in [2.75, 3.05) is 0 Å². The highest BCUT2D eigenvalue weighted by molar-refractivity contribution is 6.31. The van der Waals surface area contributed by atoms with E-state index in [9.17, 15) is 14.4 Å². The monoisotopic (exact) mass is 434 g/mol. The Balaban J connectivity index is 1.74. The first-order valence-electron chi connectivity index (χ1n) is 9.33. The maximum Gasteiger partial charge on any atom is 0.343 e. The van der Waals surface area contributed by atoms with Crippen LogP contribution in [0.15, 0.2) is 72.1 Å². The molecule has 0 aliphatic carbocycles. The minimum absolute atomic E-state index is 0.0454. The van der Waals surface area contributed by atoms with Crippen molar-refractivity contribution in [3.63, 3.8) is 0 Å². The number of ether oxygens (including phenoxy) is 2. The number of halogens is 2. The van der Waals surface area contributed by atoms with E-state index in [1.54, 1.807) is 30.3 Å². The number of allylic oxidation sites excluding steroid dienone is 1. The fraction of sp³-hybridized carbons (Fsp3) is 0.0833. The number of nitriles is 1. The van der Waals surface area contributed by atoms with Crippen LogP contribution in [0.25, 0.3) is 0 Å². The average Bonchev–Trinajstić information content (AvgIpc) is 2.73. The average molecular weight is 435 g/mol. The molecule has 5 nitrogen and oxygen atoms in total. The van der Waals surface area contributed by atoms with E-state index in [0.29, 0.717) is 11.1 Å². The number of nitrogens with two attached hydrogens (primary N) is 1. The van der Waals surface area contributed by atoms with Crippen LogP contribution in [0.4, 0.5) is 4.39 Å². The third kappa shape index (κ3) is 3.83. The maximum absolute atomic E-state index is 14.7. The van der Waals surface area contributed by atoms with Crippen molar-refractivity contribution < 1.29 is 18.7 Å². The molecule has 0 bridgehead atoms. The molecule has 0 aromatic heterocycles. The number of fused-ring (bicyclic) bond motifs is 1. The van der Waals surface area contributed by atoms with Gasteiger partial charge in [-0.25, -0.2) is 9.18 Å². The molecule has 1 aliphatic rings. The van der Waals surface area contributed by atoms with Crippen LogP contribution in [0, 0.1) is 24.1 Å². The van der Waals surface area contributed by atoms with Crippen LogP contribution in [-0.4, -0.2) is 5.97 Å². The molecule has 1 aliphatic heterocycles. The highest BCUT2D eigenvalue weighted by atomic mass is 35.5. The van der Waals surface area contributed by atoms with Gasteiger partial charge in [-0.05, 0) is 37.3 Å². The molecule has 3 aromatic rings. The molecule has 154 valence electrons. The molecular weight excluding hydrogens is 419 g/mol. The quantitative estimate of drug-likeness (QED) is 0.451. The van der Waals surface area contributed by atoms with Crippen LogP contribution >= 0.6 is 11.6 Å². The zero-order chi connectivity index (χ0) is 22.1. The third-order valence-electron chi connectivity index (χ3n) is 4.94. The Labute approximate surface area is 183 Å². The first-order valence-corrected chi connectivity index (χ1v) is 9.71. The van der Waals surface area contributed by atoms with E-state index in [-0.39, 0.29) is 33.5 Å². The molecule has 0 saturated heterocycles. The second kappa shape index (κ2) is 8.13. The number of carbonyl (C=O) groups is 1. The molecule has 0 amide bonds. The third-order valence-corrected chi connectivity index (χ3v) is 5.27. The molecule has 1 unspecified atom stereocenters. The van der Waals surface area contributed by atoms with Crippen molar-refractivity contribution >= 4 is 17.6 Å². The molecule has 3 aromatic carbocycles. The molecule has 0 saturated carbocycles. The second-order valence-electron chi connectivity index (χ2n) is 7.02. The lowest BCUT2D eigenvalue weighted by Crippen LogP contribution is -2.22. The minimum atomic E-state index is -0.857. The number of carbonyl (C=O) groups excluding carboxylic acids is 1. The van der Waals surface area contributed by atoms with E-state index in [0.717, 1.165) is 5.56 Å². The van der Waals surface area contributed by atoms with Crippen LogP contribution in [0.5, 0.6) is 11.5 Å². The summed E-state index contributed by atoms with van der Waals surface area (Å²) in [6.45, 7) is 1.87. The zero-order valence-electron chi connectivity index (χ0n) is 16.4. The van der Waals surface area contributed by atoms with Gasteiger partial charge in [0.1, 0.15) is 29.0 Å². The Kier molecular flexibility index (Phi) is 5.37. The van der Waals surface area contributed by atoms with Gasteiger partial charge in [0.25, 0.3) is 0 Å². The summed E-state index contributed by atoms with van der Waals surface area (Å²) in [5.74, 6) is -1.66. The van der Waals surface area contributed by atoms with Gasteiger partial charge in [0.2, 0.25) is 5.88 Å². The van der Waals surface area contributed by atoms with Crippen LogP contribution in [-0.2, 0) is 0 Å². The predicted octanol–water partition coefficient (Wildman–Crippen LogP) is 5.22. The lowest BCUT2D eigenvalue weighted by Gasteiger charge is -2.27. The Hall–Kier alpha value is -3.82. The molecule has 4 rings (SSSR count). The van der Waals surface area contributed by atoms with E-state index in [2.05, 4.69) is 0 Å². The zero-order valence-corrected chi connectivity index (χ0v) is 17.1. The van der Waals surface area contributed by atoms with Gasteiger partial charge < -0.3 is 15.2 Å². The normalized spacial score (nSPS) is 15.0. The van der Waals surface area contributed by atoms with E-state index in [1.807, 2.05) is 19.1 Å². The highest BCUT2D eigenvalue weighted by Gasteiger charge is 2.34. The first-order chi connectivity index (χ1) is 14.9. The van der Waals surface area contributed by atoms with Gasteiger partial charge in [-0.15, -0.1) is 0 Å². The van der Waals surface area contributed by atoms with Gasteiger partial charge in [-0.3, -0.25) is 0 Å². The van der Waals surface area contributed by atoms with Gasteiger partial charge in [0, 0.05) is 22.2 Å². The molecule has 7 heteroatoms. The van der Waals surface area contributed by atoms with Crippen LogP contribution < -0.4 is 15.2 Å². The molecule has 1 heterocycles. The number of esters is 1. The van der Waals surface area contributed by atoms with Crippen molar-refractivity contribution in [2.24, 2.45) is 5.73 Å². The Bertz CT molecular complexity index is 1260. The van der Waals surface area contributed by atoms with Crippen molar-refractivity contribution in [2.45, 2.75) is 12.8 Å². The van der Waals surface area contributed by atoms with Crippen molar-refractivity contribution in [3.8, 4) is 17.6 Å². The van der Waals surface area contributed by atoms with E-state index in [1.165, 1.54) is 24.3 Å². The standard InChI is InChI=1S/C24H16ClFN2O3/c1-13-4-2-5-14(10-13)24(29)30-15-8-9-16-20(11-15)31-23(28)17(12-27)21(16)22-18(25)6-3-7-19(22)26/h2-11,21H,28H2,1H3. The van der Waals surface area contributed by atoms with E-state index >= 15 is 0 Å². The Morgan fingerprint density at radius 1 is 1.19 bits per heavy atom. The highest BCUT2D eigenvalue weighted by Crippen LogP contribution is 2.46. The summed E-state index contributed by atoms with van der Waals surface area (Å²) in [4.78, 5) is 12.5. The van der Waals surface area contributed by atoms with Gasteiger partial charge in [0.15, 0.2) is 0 Å². The predicted molar refractivity (Wildman–Crippen MR) is 113 cm³/mol. The molecule has 1 atom stereocenters. The van der Waals surface area contributed by atoms with Crippen LogP contribution in [0.1, 0.15) is 33.0 Å². The number of aryl methyl sites for hydroxylation is 1. The minimum Gasteiger partial charge on any atom is -0.440 e. The van der Waals surface area contributed by atoms with Gasteiger partial charge >= 0.3 is 5.97 Å². The van der Waals surface area contributed by atoms with Crippen molar-refractivity contribution in [1.29, 1.82) is 5.26 Å². The first kappa shape index (κ1) is 20.5. The van der Waals surface area contributed by atoms with E-state index in [4.69, 9.17) is 26.8 Å². The number of benzene rings is 3. The smallest absolute Gasteiger partial charge is 0.343 e. The Morgan fingerprint density at radius 3 is 2.68 bits per heavy atom. The topological polar surface area (TPSA) is 85.3 Å². The molecule has 31 heavy (non-hydrogen) atoms. The summed E-state index contributed by atoms with van der Waals surface area (Å²) in [5.41, 5.74) is 7.93. The molecule has 2 N–H and O–H groups in total. The molecular formula is C24H16ClFN2O3. The van der Waals surface area contributed by atoms with Gasteiger partial charge in [-0.1, -0.05) is 41.4 Å². The number of hydrogen-bond donors (Lipinski definition) is 1. The SMILES string of the molecule is Cc1cccc(C(=O)Oc2ccc3c(c2)OC(N)=C(C#N)C3c2c(F)cccc2Cl)c1. The van der Waals surface area contributed by atoms with Crippen LogP contribution in [0.3, 0.4) is 0 Å². The van der Waals surface area contributed by atoms with E-state index < -0.39 is 17.7 Å². The fourth-order valence-electron chi connectivity index (χ4n) is 3.52. The molecule has 0 spiro atoms. The second-order valence-corrected chi connectivity index (χ2v) is 7.43. The maximum atomic E-state index is 14.7. The summed E-state index contributed by atoms with van der Waals surface area (Å²) >= 11 is 6.26. The largest absolute Gasteiger partial charge is 0.440 e. The summed E-state index contributed by atoms with van der Waals surface area (Å²) in [7, 11) is 0. The lowest BCUT2D eigenvalue weighted by atomic mass is 9.83. The van der Waals surface area contributed by atoms with Crippen molar-refractivity contribution in [1.82, 2.24) is 0 Å². The van der Waals surface area contributed by atoms with Crippen LogP contribution in [0.2, 0.25) is 5.02 Å². The summed E-state index contributed by atoms with van der Waals surface area (Å²) < 4.78 is 25.7. The molecule has 0 fully saturated rings. The fourth-order valence-corrected chi connectivity index (χ4v) is 3.79. The number of hydrogen-bond acceptors (Lipinski definition) is 5.